The number of hydrogen-bond donors (Lipinski definition) is 0. The van der Waals surface area contributed by atoms with Gasteiger partial charge in [0.1, 0.15) is 0 Å². The molecule has 0 aromatic heterocycles. The maximum absolute atomic E-state index is 7.38. The first-order valence-electron chi connectivity index (χ1n) is 7.87. The number of allylic oxidation sites excluding steroid dienone is 2. The Morgan fingerprint density at radius 2 is 2.11 bits per heavy atom. The minimum atomic E-state index is -1.72. The fraction of sp³-hybridized carbons (Fsp3) is 0.529. The summed E-state index contributed by atoms with van der Waals surface area (Å²) in [6.45, 7) is 5.36. The summed E-state index contributed by atoms with van der Waals surface area (Å²) in [5.74, 6) is -1.16. The van der Waals surface area contributed by atoms with Crippen LogP contribution in [0.3, 0.4) is 0 Å². The second-order valence-corrected chi connectivity index (χ2v) is 5.18. The second-order valence-electron chi connectivity index (χ2n) is 4.99. The summed E-state index contributed by atoms with van der Waals surface area (Å²) >= 11 is 5.60. The number of ether oxygens (including phenoxy) is 1. The number of benzene rings is 1. The van der Waals surface area contributed by atoms with Gasteiger partial charge >= 0.3 is 0 Å². The molecular weight excluding hydrogens is 256 g/mol. The number of alkyl halides is 1. The minimum Gasteiger partial charge on any atom is -0.377 e. The number of hydrogen-bond acceptors (Lipinski definition) is 1. The van der Waals surface area contributed by atoms with Crippen molar-refractivity contribution in [3.63, 3.8) is 0 Å². The molecule has 0 fully saturated rings. The van der Waals surface area contributed by atoms with Gasteiger partial charge in [0.15, 0.2) is 0 Å². The van der Waals surface area contributed by atoms with E-state index >= 15 is 0 Å². The summed E-state index contributed by atoms with van der Waals surface area (Å²) in [6.07, 6.45) is 4.80. The van der Waals surface area contributed by atoms with Gasteiger partial charge in [0, 0.05) is 15.2 Å². The van der Waals surface area contributed by atoms with Crippen molar-refractivity contribution in [2.45, 2.75) is 39.7 Å². The number of rotatable bonds is 9. The molecule has 0 radical (unpaired) electrons. The monoisotopic (exact) mass is 282 g/mol. The summed E-state index contributed by atoms with van der Waals surface area (Å²) < 4.78 is 20.4. The lowest BCUT2D eigenvalue weighted by molar-refractivity contribution is 0.108. The van der Waals surface area contributed by atoms with Crippen LogP contribution >= 0.6 is 11.6 Å². The third-order valence-electron chi connectivity index (χ3n) is 3.13. The minimum absolute atomic E-state index is 0.561. The fourth-order valence-corrected chi connectivity index (χ4v) is 1.89. The van der Waals surface area contributed by atoms with Crippen molar-refractivity contribution in [1.82, 2.24) is 0 Å². The van der Waals surface area contributed by atoms with Gasteiger partial charge in [-0.05, 0) is 37.7 Å². The van der Waals surface area contributed by atoms with Crippen LogP contribution in [0.2, 0.25) is 0 Å². The van der Waals surface area contributed by atoms with E-state index in [9.17, 15) is 0 Å². The topological polar surface area (TPSA) is 9.23 Å². The van der Waals surface area contributed by atoms with Crippen LogP contribution in [0.5, 0.6) is 0 Å². The summed E-state index contributed by atoms with van der Waals surface area (Å²) in [5, 5.41) is 0. The van der Waals surface area contributed by atoms with Crippen LogP contribution in [0.4, 0.5) is 0 Å². The van der Waals surface area contributed by atoms with Gasteiger partial charge in [0.25, 0.3) is 0 Å². The molecule has 1 aromatic carbocycles. The zero-order valence-corrected chi connectivity index (χ0v) is 12.6. The molecule has 0 spiro atoms. The summed E-state index contributed by atoms with van der Waals surface area (Å²) in [4.78, 5) is 0. The molecule has 1 nitrogen and oxygen atoms in total. The molecule has 0 saturated carbocycles. The predicted molar refractivity (Wildman–Crippen MR) is 83.6 cm³/mol. The zero-order chi connectivity index (χ0) is 15.7. The van der Waals surface area contributed by atoms with Gasteiger partial charge in [0.2, 0.25) is 0 Å². The molecule has 0 N–H and O–H groups in total. The molecule has 1 aromatic rings. The molecule has 0 heterocycles. The van der Waals surface area contributed by atoms with E-state index in [0.29, 0.717) is 18.1 Å². The van der Waals surface area contributed by atoms with E-state index in [1.54, 1.807) is 6.92 Å². The van der Waals surface area contributed by atoms with Gasteiger partial charge < -0.3 is 4.74 Å². The molecular formula is C17H25ClO. The Bertz CT molecular complexity index is 426. The highest BCUT2D eigenvalue weighted by atomic mass is 35.5. The van der Waals surface area contributed by atoms with Crippen molar-refractivity contribution in [3.8, 4) is 0 Å². The Balaban J connectivity index is 2.13. The summed E-state index contributed by atoms with van der Waals surface area (Å²) in [6, 6.07) is 10.2. The third-order valence-corrected chi connectivity index (χ3v) is 3.42. The van der Waals surface area contributed by atoms with Crippen molar-refractivity contribution in [3.05, 3.63) is 47.5 Å². The van der Waals surface area contributed by atoms with E-state index in [1.165, 1.54) is 5.56 Å². The molecule has 106 valence electrons. The quantitative estimate of drug-likeness (QED) is 0.344. The van der Waals surface area contributed by atoms with Gasteiger partial charge in [-0.25, -0.2) is 0 Å². The molecule has 0 aliphatic carbocycles. The Kier molecular flexibility index (Phi) is 6.99. The molecule has 1 unspecified atom stereocenters. The van der Waals surface area contributed by atoms with Crippen LogP contribution in [0.1, 0.15) is 41.4 Å². The van der Waals surface area contributed by atoms with Crippen molar-refractivity contribution in [2.75, 3.05) is 12.4 Å². The van der Waals surface area contributed by atoms with E-state index in [1.807, 2.05) is 24.3 Å². The van der Waals surface area contributed by atoms with Crippen molar-refractivity contribution in [1.29, 1.82) is 0 Å². The zero-order valence-electron chi connectivity index (χ0n) is 13.9. The van der Waals surface area contributed by atoms with Crippen molar-refractivity contribution in [2.24, 2.45) is 5.92 Å². The lowest BCUT2D eigenvalue weighted by atomic mass is 10.0. The highest BCUT2D eigenvalue weighted by molar-refractivity contribution is 6.19. The van der Waals surface area contributed by atoms with Crippen LogP contribution < -0.4 is 0 Å². The van der Waals surface area contributed by atoms with Crippen molar-refractivity contribution >= 4 is 11.6 Å². The average Bonchev–Trinajstić information content (AvgIpc) is 2.43. The van der Waals surface area contributed by atoms with Crippen LogP contribution in [0.15, 0.2) is 42.0 Å². The molecule has 0 bridgehead atoms. The maximum atomic E-state index is 7.38. The normalized spacial score (nSPS) is 15.8. The van der Waals surface area contributed by atoms with Crippen LogP contribution in [0.25, 0.3) is 0 Å². The molecule has 19 heavy (non-hydrogen) atoms. The van der Waals surface area contributed by atoms with Crippen LogP contribution in [0, 0.1) is 5.92 Å². The first kappa shape index (κ1) is 13.2. The second kappa shape index (κ2) is 10.1. The van der Waals surface area contributed by atoms with Gasteiger partial charge in [-0.15, -0.1) is 11.6 Å². The lowest BCUT2D eigenvalue weighted by Gasteiger charge is -2.10. The van der Waals surface area contributed by atoms with E-state index in [0.717, 1.165) is 25.9 Å². The van der Waals surface area contributed by atoms with Gasteiger partial charge in [0.05, 0.1) is 6.61 Å². The predicted octanol–water partition coefficient (Wildman–Crippen LogP) is 5.19. The van der Waals surface area contributed by atoms with E-state index in [-0.39, 0.29) is 0 Å². The van der Waals surface area contributed by atoms with Crippen LogP contribution in [-0.2, 0) is 11.3 Å². The largest absolute Gasteiger partial charge is 0.377 e. The first-order valence-corrected chi connectivity index (χ1v) is 7.25. The van der Waals surface area contributed by atoms with Gasteiger partial charge in [-0.3, -0.25) is 0 Å². The average molecular weight is 283 g/mol. The molecule has 0 aliphatic heterocycles. The smallest absolute Gasteiger partial charge is 0.0716 e. The fourth-order valence-electron chi connectivity index (χ4n) is 1.82. The maximum Gasteiger partial charge on any atom is 0.0716 e. The molecule has 0 aliphatic rings. The van der Waals surface area contributed by atoms with Crippen molar-refractivity contribution < 1.29 is 7.48 Å². The Hall–Kier alpha value is -0.790. The SMILES string of the molecule is [2H]C([2H])(Cl)/C(C)=C\CCC(C)CCOCc1ccccc1. The number of halogens is 1. The standard InChI is InChI=1S/C17H25ClO/c1-15(7-6-8-16(2)13-18)11-12-19-14-17-9-4-3-5-10-17/h3-5,8-10,15H,6-7,11-14H2,1-2H3/b16-8-/i13D2. The third kappa shape index (κ3) is 8.07. The summed E-state index contributed by atoms with van der Waals surface area (Å²) in [5.41, 5.74) is 1.80. The molecule has 1 rings (SSSR count). The van der Waals surface area contributed by atoms with Gasteiger partial charge in [-0.1, -0.05) is 48.9 Å². The molecule has 0 saturated heterocycles. The van der Waals surface area contributed by atoms with E-state index in [2.05, 4.69) is 19.1 Å². The van der Waals surface area contributed by atoms with Gasteiger partial charge in [-0.2, -0.15) is 0 Å². The molecule has 1 atom stereocenters. The van der Waals surface area contributed by atoms with Crippen LogP contribution in [-0.4, -0.2) is 12.4 Å². The lowest BCUT2D eigenvalue weighted by Crippen LogP contribution is -2.02. The highest BCUT2D eigenvalue weighted by Crippen LogP contribution is 2.13. The first-order chi connectivity index (χ1) is 9.89. The molecule has 2 heteroatoms. The highest BCUT2D eigenvalue weighted by Gasteiger charge is 2.01. The summed E-state index contributed by atoms with van der Waals surface area (Å²) in [7, 11) is 0. The Morgan fingerprint density at radius 1 is 1.37 bits per heavy atom. The Morgan fingerprint density at radius 3 is 2.79 bits per heavy atom. The van der Waals surface area contributed by atoms with E-state index in [4.69, 9.17) is 19.1 Å². The van der Waals surface area contributed by atoms with E-state index < -0.39 is 5.83 Å². The Labute approximate surface area is 125 Å². The molecule has 0 amide bonds.